The number of aromatic nitrogens is 1. The predicted octanol–water partition coefficient (Wildman–Crippen LogP) is 3.25. The second kappa shape index (κ2) is 7.02. The summed E-state index contributed by atoms with van der Waals surface area (Å²) in [6.45, 7) is 1.62. The van der Waals surface area contributed by atoms with Gasteiger partial charge in [-0.05, 0) is 31.5 Å². The first-order valence-corrected chi connectivity index (χ1v) is 6.74. The largest absolute Gasteiger partial charge is 0.467 e. The van der Waals surface area contributed by atoms with Crippen LogP contribution in [0.3, 0.4) is 0 Å². The summed E-state index contributed by atoms with van der Waals surface area (Å²) in [6, 6.07) is 4.47. The van der Waals surface area contributed by atoms with E-state index in [1.165, 1.54) is 18.3 Å². The van der Waals surface area contributed by atoms with Gasteiger partial charge in [0.1, 0.15) is 5.76 Å². The molecule has 2 aromatic rings. The van der Waals surface area contributed by atoms with Crippen LogP contribution in [0.2, 0.25) is 0 Å². The Morgan fingerprint density at radius 1 is 1.41 bits per heavy atom. The zero-order chi connectivity index (χ0) is 16.1. The van der Waals surface area contributed by atoms with E-state index in [9.17, 15) is 13.6 Å². The summed E-state index contributed by atoms with van der Waals surface area (Å²) in [7, 11) is 0. The third-order valence-electron chi connectivity index (χ3n) is 3.16. The van der Waals surface area contributed by atoms with Crippen molar-refractivity contribution in [3.63, 3.8) is 0 Å². The minimum atomic E-state index is -2.94. The molecule has 0 radical (unpaired) electrons. The van der Waals surface area contributed by atoms with Gasteiger partial charge in [-0.25, -0.2) is 4.98 Å². The molecule has 0 saturated carbocycles. The van der Waals surface area contributed by atoms with Crippen molar-refractivity contribution < 1.29 is 22.7 Å². The summed E-state index contributed by atoms with van der Waals surface area (Å²) >= 11 is 0. The number of furan rings is 1. The molecule has 2 rings (SSSR count). The van der Waals surface area contributed by atoms with Gasteiger partial charge < -0.3 is 14.1 Å². The van der Waals surface area contributed by atoms with Crippen molar-refractivity contribution in [2.24, 2.45) is 0 Å². The topological polar surface area (TPSA) is 55.6 Å². The zero-order valence-corrected chi connectivity index (χ0v) is 12.3. The monoisotopic (exact) mass is 310 g/mol. The Hall–Kier alpha value is -2.44. The van der Waals surface area contributed by atoms with Crippen LogP contribution in [0.15, 0.2) is 35.1 Å². The molecule has 0 N–H and O–H groups in total. The number of aryl methyl sites for hydroxylation is 1. The van der Waals surface area contributed by atoms with Gasteiger partial charge in [-0.15, -0.1) is 0 Å². The first-order chi connectivity index (χ1) is 10.5. The lowest BCUT2D eigenvalue weighted by molar-refractivity contribution is -0.0528. The second-order valence-corrected chi connectivity index (χ2v) is 4.61. The lowest BCUT2D eigenvalue weighted by atomic mass is 10.2. The Kier molecular flexibility index (Phi) is 5.08. The van der Waals surface area contributed by atoms with Gasteiger partial charge in [-0.1, -0.05) is 0 Å². The molecule has 0 fully saturated rings. The fourth-order valence-corrected chi connectivity index (χ4v) is 1.92. The molecule has 118 valence electrons. The smallest absolute Gasteiger partial charge is 0.388 e. The first-order valence-electron chi connectivity index (χ1n) is 6.74. The number of hydrogen-bond donors (Lipinski definition) is 0. The molecule has 7 heteroatoms. The van der Waals surface area contributed by atoms with Crippen LogP contribution in [0.5, 0.6) is 5.88 Å². The lowest BCUT2D eigenvalue weighted by Crippen LogP contribution is -2.30. The molecule has 0 spiro atoms. The number of alkyl halides is 2. The molecule has 0 saturated heterocycles. The number of carbonyl (C=O) groups excluding carboxylic acids is 1. The fraction of sp³-hybridized carbons (Fsp3) is 0.333. The van der Waals surface area contributed by atoms with Crippen LogP contribution < -0.4 is 4.74 Å². The van der Waals surface area contributed by atoms with Gasteiger partial charge in [0, 0.05) is 18.8 Å². The van der Waals surface area contributed by atoms with Gasteiger partial charge in [0.15, 0.2) is 0 Å². The van der Waals surface area contributed by atoms with Crippen molar-refractivity contribution in [3.05, 3.63) is 47.5 Å². The summed E-state index contributed by atoms with van der Waals surface area (Å²) in [4.78, 5) is 17.7. The maximum Gasteiger partial charge on any atom is 0.388 e. The number of halogens is 2. The molecule has 2 aromatic heterocycles. The number of ether oxygens (including phenoxy) is 1. The van der Waals surface area contributed by atoms with Crippen LogP contribution in [0, 0.1) is 6.92 Å². The maximum absolute atomic E-state index is 12.4. The molecular formula is C15H16F2N2O3. The van der Waals surface area contributed by atoms with E-state index in [1.807, 2.05) is 19.9 Å². The average Bonchev–Trinajstić information content (AvgIpc) is 2.89. The van der Waals surface area contributed by atoms with Crippen LogP contribution in [0.4, 0.5) is 8.78 Å². The lowest BCUT2D eigenvalue weighted by Gasteiger charge is -2.20. The molecule has 0 bridgehead atoms. The zero-order valence-electron chi connectivity index (χ0n) is 12.3. The van der Waals surface area contributed by atoms with E-state index in [1.54, 1.807) is 11.2 Å². The van der Waals surface area contributed by atoms with E-state index in [0.717, 1.165) is 5.56 Å². The summed E-state index contributed by atoms with van der Waals surface area (Å²) < 4.78 is 33.6. The molecular weight excluding hydrogens is 294 g/mol. The number of amides is 1. The summed E-state index contributed by atoms with van der Waals surface area (Å²) in [5.74, 6) is 0.228. The van der Waals surface area contributed by atoms with Gasteiger partial charge in [0.2, 0.25) is 5.88 Å². The van der Waals surface area contributed by atoms with E-state index in [-0.39, 0.29) is 11.8 Å². The third kappa shape index (κ3) is 3.81. The van der Waals surface area contributed by atoms with Crippen molar-refractivity contribution in [1.82, 2.24) is 9.88 Å². The number of carbonyl (C=O) groups is 1. The number of nitrogens with zero attached hydrogens (tertiary/aromatic N) is 2. The van der Waals surface area contributed by atoms with E-state index in [4.69, 9.17) is 4.42 Å². The predicted molar refractivity (Wildman–Crippen MR) is 74.7 cm³/mol. The molecule has 0 unspecified atom stereocenters. The Morgan fingerprint density at radius 2 is 2.18 bits per heavy atom. The summed E-state index contributed by atoms with van der Waals surface area (Å²) in [5, 5.41) is 0. The average molecular weight is 310 g/mol. The van der Waals surface area contributed by atoms with E-state index < -0.39 is 6.61 Å². The van der Waals surface area contributed by atoms with Crippen molar-refractivity contribution in [2.75, 3.05) is 6.54 Å². The molecule has 5 nitrogen and oxygen atoms in total. The van der Waals surface area contributed by atoms with Crippen LogP contribution in [-0.4, -0.2) is 28.9 Å². The highest BCUT2D eigenvalue weighted by Gasteiger charge is 2.17. The first kappa shape index (κ1) is 15.9. The van der Waals surface area contributed by atoms with E-state index >= 15 is 0 Å². The Balaban J connectivity index is 2.09. The van der Waals surface area contributed by atoms with Gasteiger partial charge in [0.05, 0.1) is 18.4 Å². The second-order valence-electron chi connectivity index (χ2n) is 4.61. The summed E-state index contributed by atoms with van der Waals surface area (Å²) in [5.41, 5.74) is 1.26. The highest BCUT2D eigenvalue weighted by molar-refractivity contribution is 5.93. The number of pyridine rings is 1. The van der Waals surface area contributed by atoms with Gasteiger partial charge in [0.25, 0.3) is 5.91 Å². The fourth-order valence-electron chi connectivity index (χ4n) is 1.92. The van der Waals surface area contributed by atoms with E-state index in [2.05, 4.69) is 9.72 Å². The molecule has 1 amide bonds. The highest BCUT2D eigenvalue weighted by atomic mass is 19.3. The van der Waals surface area contributed by atoms with Gasteiger partial charge in [-0.2, -0.15) is 8.78 Å². The quantitative estimate of drug-likeness (QED) is 0.822. The third-order valence-corrected chi connectivity index (χ3v) is 3.16. The minimum Gasteiger partial charge on any atom is -0.467 e. The number of hydrogen-bond acceptors (Lipinski definition) is 4. The SMILES string of the molecule is CCN(Cc1occc1C)C(=O)c1ccc(OC(F)F)nc1. The molecule has 2 heterocycles. The molecule has 0 aromatic carbocycles. The van der Waals surface area contributed by atoms with Crippen LogP contribution in [-0.2, 0) is 6.54 Å². The Bertz CT molecular complexity index is 626. The Labute approximate surface area is 126 Å². The van der Waals surface area contributed by atoms with Crippen molar-refractivity contribution in [2.45, 2.75) is 27.0 Å². The normalized spacial score (nSPS) is 10.8. The maximum atomic E-state index is 12.4. The molecule has 0 aliphatic rings. The standard InChI is InChI=1S/C15H16F2N2O3/c1-3-19(9-12-10(2)6-7-21-12)14(20)11-4-5-13(18-8-11)22-15(16)17/h4-8,15H,3,9H2,1-2H3. The molecule has 0 aliphatic carbocycles. The number of rotatable bonds is 6. The molecule has 22 heavy (non-hydrogen) atoms. The van der Waals surface area contributed by atoms with Crippen LogP contribution >= 0.6 is 0 Å². The Morgan fingerprint density at radius 3 is 2.68 bits per heavy atom. The van der Waals surface area contributed by atoms with Crippen molar-refractivity contribution >= 4 is 5.91 Å². The van der Waals surface area contributed by atoms with Crippen LogP contribution in [0.25, 0.3) is 0 Å². The van der Waals surface area contributed by atoms with Gasteiger partial charge in [-0.3, -0.25) is 4.79 Å². The van der Waals surface area contributed by atoms with Crippen molar-refractivity contribution in [3.8, 4) is 5.88 Å². The van der Waals surface area contributed by atoms with E-state index in [0.29, 0.717) is 24.4 Å². The van der Waals surface area contributed by atoms with Crippen LogP contribution in [0.1, 0.15) is 28.6 Å². The molecule has 0 aliphatic heterocycles. The van der Waals surface area contributed by atoms with Gasteiger partial charge >= 0.3 is 6.61 Å². The molecule has 0 atom stereocenters. The highest BCUT2D eigenvalue weighted by Crippen LogP contribution is 2.16. The summed E-state index contributed by atoms with van der Waals surface area (Å²) in [6.07, 6.45) is 2.79. The minimum absolute atomic E-state index is 0.225. The van der Waals surface area contributed by atoms with Crippen molar-refractivity contribution in [1.29, 1.82) is 0 Å².